The van der Waals surface area contributed by atoms with Gasteiger partial charge in [0.1, 0.15) is 5.82 Å². The van der Waals surface area contributed by atoms with Gasteiger partial charge >= 0.3 is 0 Å². The van der Waals surface area contributed by atoms with Crippen LogP contribution in [0, 0.1) is 5.82 Å². The maximum absolute atomic E-state index is 14.1. The Morgan fingerprint density at radius 2 is 2.00 bits per heavy atom. The highest BCUT2D eigenvalue weighted by Gasteiger charge is 2.14. The van der Waals surface area contributed by atoms with Gasteiger partial charge in [-0.1, -0.05) is 30.0 Å². The molecule has 3 heteroatoms. The van der Waals surface area contributed by atoms with Gasteiger partial charge in [-0.2, -0.15) is 0 Å². The molecule has 0 saturated carbocycles. The highest BCUT2D eigenvalue weighted by atomic mass is 32.2. The molecule has 3 rings (SSSR count). The Balaban J connectivity index is 1.91. The minimum Gasteiger partial charge on any atom is -0.316 e. The Kier molecular flexibility index (Phi) is 4.08. The Morgan fingerprint density at radius 3 is 2.85 bits per heavy atom. The van der Waals surface area contributed by atoms with Crippen molar-refractivity contribution in [1.29, 1.82) is 0 Å². The molecule has 0 bridgehead atoms. The predicted octanol–water partition coefficient (Wildman–Crippen LogP) is 4.19. The second-order valence-corrected chi connectivity index (χ2v) is 6.23. The molecular weight excluding hydrogens is 269 g/mol. The molecule has 1 nitrogen and oxygen atoms in total. The third kappa shape index (κ3) is 2.74. The van der Waals surface area contributed by atoms with E-state index >= 15 is 0 Å². The summed E-state index contributed by atoms with van der Waals surface area (Å²) in [4.78, 5) is 1.87. The zero-order chi connectivity index (χ0) is 13.9. The lowest BCUT2D eigenvalue weighted by molar-refractivity contribution is 0.594. The van der Waals surface area contributed by atoms with Gasteiger partial charge in [-0.25, -0.2) is 4.39 Å². The Morgan fingerprint density at radius 1 is 1.15 bits per heavy atom. The largest absolute Gasteiger partial charge is 0.316 e. The third-order valence-corrected chi connectivity index (χ3v) is 4.86. The van der Waals surface area contributed by atoms with E-state index in [0.29, 0.717) is 6.54 Å². The number of aryl methyl sites for hydroxylation is 2. The Hall–Kier alpha value is -1.32. The van der Waals surface area contributed by atoms with E-state index in [1.807, 2.05) is 13.1 Å². The maximum atomic E-state index is 14.1. The zero-order valence-electron chi connectivity index (χ0n) is 11.6. The van der Waals surface area contributed by atoms with Gasteiger partial charge < -0.3 is 5.32 Å². The number of rotatable bonds is 4. The molecule has 0 saturated heterocycles. The Bertz CT molecular complexity index is 624. The van der Waals surface area contributed by atoms with Crippen molar-refractivity contribution in [2.75, 3.05) is 7.05 Å². The summed E-state index contributed by atoms with van der Waals surface area (Å²) >= 11 is 1.53. The molecular formula is C17H18FNS. The summed E-state index contributed by atoms with van der Waals surface area (Å²) in [6.45, 7) is 0.686. The van der Waals surface area contributed by atoms with Crippen molar-refractivity contribution in [3.63, 3.8) is 0 Å². The van der Waals surface area contributed by atoms with Crippen LogP contribution >= 0.6 is 11.8 Å². The van der Waals surface area contributed by atoms with Crippen LogP contribution in [-0.4, -0.2) is 7.05 Å². The molecule has 1 aliphatic rings. The highest BCUT2D eigenvalue weighted by molar-refractivity contribution is 7.99. The standard InChI is InChI=1S/C17H18FNS/c1-19-11-14-6-3-7-16(18)17(14)20-15-9-8-12-4-2-5-13(12)10-15/h3,6-10,19H,2,4-5,11H2,1H3. The summed E-state index contributed by atoms with van der Waals surface area (Å²) in [5, 5.41) is 3.10. The summed E-state index contributed by atoms with van der Waals surface area (Å²) in [6, 6.07) is 11.8. The molecule has 104 valence electrons. The highest BCUT2D eigenvalue weighted by Crippen LogP contribution is 2.35. The van der Waals surface area contributed by atoms with Gasteiger partial charge in [-0.05, 0) is 61.2 Å². The van der Waals surface area contributed by atoms with Gasteiger partial charge in [-0.15, -0.1) is 0 Å². The van der Waals surface area contributed by atoms with E-state index < -0.39 is 0 Å². The van der Waals surface area contributed by atoms with Crippen molar-refractivity contribution < 1.29 is 4.39 Å². The molecule has 0 amide bonds. The number of fused-ring (bicyclic) bond motifs is 1. The quantitative estimate of drug-likeness (QED) is 0.905. The molecule has 0 radical (unpaired) electrons. The number of benzene rings is 2. The fraction of sp³-hybridized carbons (Fsp3) is 0.294. The molecule has 0 unspecified atom stereocenters. The molecule has 0 atom stereocenters. The minimum atomic E-state index is -0.136. The third-order valence-electron chi connectivity index (χ3n) is 3.71. The van der Waals surface area contributed by atoms with E-state index in [2.05, 4.69) is 23.5 Å². The average molecular weight is 287 g/mol. The van der Waals surface area contributed by atoms with Crippen LogP contribution < -0.4 is 5.32 Å². The van der Waals surface area contributed by atoms with Crippen molar-refractivity contribution in [3.8, 4) is 0 Å². The first-order valence-corrected chi connectivity index (χ1v) is 7.81. The monoisotopic (exact) mass is 287 g/mol. The van der Waals surface area contributed by atoms with Crippen LogP contribution in [0.25, 0.3) is 0 Å². The lowest BCUT2D eigenvalue weighted by Crippen LogP contribution is -2.06. The summed E-state index contributed by atoms with van der Waals surface area (Å²) in [5.74, 6) is -0.136. The van der Waals surface area contributed by atoms with E-state index in [1.165, 1.54) is 41.8 Å². The fourth-order valence-electron chi connectivity index (χ4n) is 2.73. The van der Waals surface area contributed by atoms with E-state index in [0.717, 1.165) is 21.8 Å². The predicted molar refractivity (Wildman–Crippen MR) is 81.8 cm³/mol. The summed E-state index contributed by atoms with van der Waals surface area (Å²) in [7, 11) is 1.88. The summed E-state index contributed by atoms with van der Waals surface area (Å²) < 4.78 is 14.1. The van der Waals surface area contributed by atoms with E-state index in [9.17, 15) is 4.39 Å². The van der Waals surface area contributed by atoms with Gasteiger partial charge in [0.2, 0.25) is 0 Å². The number of nitrogens with one attached hydrogen (secondary N) is 1. The molecule has 2 aromatic carbocycles. The van der Waals surface area contributed by atoms with Crippen LogP contribution in [-0.2, 0) is 19.4 Å². The maximum Gasteiger partial charge on any atom is 0.137 e. The molecule has 0 fully saturated rings. The summed E-state index contributed by atoms with van der Waals surface area (Å²) in [6.07, 6.45) is 3.59. The second-order valence-electron chi connectivity index (χ2n) is 5.14. The van der Waals surface area contributed by atoms with Crippen molar-refractivity contribution in [3.05, 3.63) is 58.9 Å². The fourth-order valence-corrected chi connectivity index (χ4v) is 3.74. The molecule has 0 aromatic heterocycles. The number of hydrogen-bond acceptors (Lipinski definition) is 2. The molecule has 2 aromatic rings. The number of hydrogen-bond donors (Lipinski definition) is 1. The first-order valence-electron chi connectivity index (χ1n) is 6.99. The van der Waals surface area contributed by atoms with Crippen LogP contribution in [0.1, 0.15) is 23.1 Å². The van der Waals surface area contributed by atoms with Gasteiger partial charge in [-0.3, -0.25) is 0 Å². The zero-order valence-corrected chi connectivity index (χ0v) is 12.4. The molecule has 0 aliphatic heterocycles. The van der Waals surface area contributed by atoms with Crippen molar-refractivity contribution in [2.24, 2.45) is 0 Å². The first-order chi connectivity index (χ1) is 9.78. The number of halogens is 1. The van der Waals surface area contributed by atoms with Crippen LogP contribution in [0.5, 0.6) is 0 Å². The van der Waals surface area contributed by atoms with Crippen molar-refractivity contribution in [2.45, 2.75) is 35.6 Å². The van der Waals surface area contributed by atoms with Gasteiger partial charge in [0, 0.05) is 11.4 Å². The smallest absolute Gasteiger partial charge is 0.137 e. The average Bonchev–Trinajstić information content (AvgIpc) is 2.90. The van der Waals surface area contributed by atoms with E-state index in [-0.39, 0.29) is 5.82 Å². The lowest BCUT2D eigenvalue weighted by Gasteiger charge is -2.11. The summed E-state index contributed by atoms with van der Waals surface area (Å²) in [5.41, 5.74) is 3.90. The van der Waals surface area contributed by atoms with Crippen LogP contribution in [0.15, 0.2) is 46.2 Å². The van der Waals surface area contributed by atoms with Crippen molar-refractivity contribution >= 4 is 11.8 Å². The first kappa shape index (κ1) is 13.7. The minimum absolute atomic E-state index is 0.136. The van der Waals surface area contributed by atoms with Crippen LogP contribution in [0.2, 0.25) is 0 Å². The lowest BCUT2D eigenvalue weighted by atomic mass is 10.1. The second kappa shape index (κ2) is 5.98. The molecule has 0 spiro atoms. The topological polar surface area (TPSA) is 12.0 Å². The van der Waals surface area contributed by atoms with Crippen LogP contribution in [0.4, 0.5) is 4.39 Å². The van der Waals surface area contributed by atoms with E-state index in [4.69, 9.17) is 0 Å². The molecule has 20 heavy (non-hydrogen) atoms. The normalized spacial score (nSPS) is 13.5. The van der Waals surface area contributed by atoms with Gasteiger partial charge in [0.15, 0.2) is 0 Å². The van der Waals surface area contributed by atoms with E-state index in [1.54, 1.807) is 6.07 Å². The molecule has 0 heterocycles. The van der Waals surface area contributed by atoms with Crippen molar-refractivity contribution in [1.82, 2.24) is 5.32 Å². The van der Waals surface area contributed by atoms with Gasteiger partial charge in [0.25, 0.3) is 0 Å². The van der Waals surface area contributed by atoms with Crippen LogP contribution in [0.3, 0.4) is 0 Å². The van der Waals surface area contributed by atoms with Gasteiger partial charge in [0.05, 0.1) is 4.90 Å². The Labute approximate surface area is 123 Å². The SMILES string of the molecule is CNCc1cccc(F)c1Sc1ccc2c(c1)CCC2. The molecule has 1 aliphatic carbocycles. The molecule has 1 N–H and O–H groups in total.